The van der Waals surface area contributed by atoms with Crippen molar-refractivity contribution < 1.29 is 0 Å². The third-order valence-corrected chi connectivity index (χ3v) is 4.08. The summed E-state index contributed by atoms with van der Waals surface area (Å²) in [5.74, 6) is 0.212. The molecule has 0 spiro atoms. The molecule has 2 aliphatic rings. The third kappa shape index (κ3) is 2.11. The van der Waals surface area contributed by atoms with Gasteiger partial charge < -0.3 is 0 Å². The van der Waals surface area contributed by atoms with Crippen LogP contribution in [-0.2, 0) is 7.05 Å². The fourth-order valence-corrected chi connectivity index (χ4v) is 2.86. The fraction of sp³-hybridized carbons (Fsp3) is 0.0588. The number of nitrogens with zero attached hydrogens (tertiary/aromatic N) is 4. The molecular formula is C17H11ClN4O2. The summed E-state index contributed by atoms with van der Waals surface area (Å²) in [4.78, 5) is 32.9. The summed E-state index contributed by atoms with van der Waals surface area (Å²) in [6.07, 6.45) is 0. The maximum atomic E-state index is 12.5. The molecule has 2 heterocycles. The molecule has 2 aromatic rings. The van der Waals surface area contributed by atoms with Crippen molar-refractivity contribution in [2.75, 3.05) is 0 Å². The number of halogens is 1. The van der Waals surface area contributed by atoms with E-state index < -0.39 is 11.2 Å². The first kappa shape index (κ1) is 14.6. The monoisotopic (exact) mass is 338 g/mol. The number of para-hydroxylation sites is 2. The lowest BCUT2D eigenvalue weighted by Crippen LogP contribution is -2.36. The van der Waals surface area contributed by atoms with Crippen molar-refractivity contribution in [2.24, 2.45) is 7.05 Å². The molecule has 118 valence electrons. The Labute approximate surface area is 140 Å². The van der Waals surface area contributed by atoms with E-state index in [0.29, 0.717) is 16.2 Å². The predicted octanol–water partition coefficient (Wildman–Crippen LogP) is 2.24. The van der Waals surface area contributed by atoms with E-state index >= 15 is 0 Å². The predicted molar refractivity (Wildman–Crippen MR) is 92.0 cm³/mol. The van der Waals surface area contributed by atoms with Gasteiger partial charge in [0.15, 0.2) is 11.5 Å². The average molecular weight is 339 g/mol. The maximum absolute atomic E-state index is 12.5. The summed E-state index contributed by atoms with van der Waals surface area (Å²) < 4.78 is 2.68. The van der Waals surface area contributed by atoms with E-state index in [1.807, 2.05) is 24.3 Å². The van der Waals surface area contributed by atoms with Gasteiger partial charge in [0.2, 0.25) is 0 Å². The summed E-state index contributed by atoms with van der Waals surface area (Å²) in [7, 11) is 1.39. The Bertz CT molecular complexity index is 1180. The Hall–Kier alpha value is -2.99. The number of benzene rings is 2. The molecule has 0 amide bonds. The van der Waals surface area contributed by atoms with Gasteiger partial charge in [0.1, 0.15) is 0 Å². The molecule has 4 rings (SSSR count). The highest BCUT2D eigenvalue weighted by molar-refractivity contribution is 6.30. The average Bonchev–Trinajstić information content (AvgIpc) is 2.58. The van der Waals surface area contributed by atoms with Gasteiger partial charge in [-0.25, -0.2) is 9.78 Å². The van der Waals surface area contributed by atoms with Crippen LogP contribution in [-0.4, -0.2) is 19.1 Å². The lowest BCUT2D eigenvalue weighted by molar-refractivity contribution is 0.759. The van der Waals surface area contributed by atoms with Crippen molar-refractivity contribution in [2.45, 2.75) is 0 Å². The Kier molecular flexibility index (Phi) is 3.21. The van der Waals surface area contributed by atoms with Crippen molar-refractivity contribution in [3.63, 3.8) is 0 Å². The van der Waals surface area contributed by atoms with Gasteiger partial charge in [-0.3, -0.25) is 13.9 Å². The van der Waals surface area contributed by atoms with Crippen molar-refractivity contribution >= 4 is 22.6 Å². The van der Waals surface area contributed by atoms with E-state index in [9.17, 15) is 9.59 Å². The van der Waals surface area contributed by atoms with Gasteiger partial charge in [-0.2, -0.15) is 4.98 Å². The number of fused-ring (bicyclic) bond motifs is 2. The Morgan fingerprint density at radius 1 is 1.00 bits per heavy atom. The molecule has 0 fully saturated rings. The molecule has 0 bridgehead atoms. The minimum absolute atomic E-state index is 0.135. The molecule has 0 aliphatic carbocycles. The number of rotatable bonds is 1. The van der Waals surface area contributed by atoms with Gasteiger partial charge in [-0.15, -0.1) is 0 Å². The quantitative estimate of drug-likeness (QED) is 0.499. The highest BCUT2D eigenvalue weighted by Gasteiger charge is 2.21. The summed E-state index contributed by atoms with van der Waals surface area (Å²) in [6, 6.07) is 14.5. The van der Waals surface area contributed by atoms with Gasteiger partial charge in [0, 0.05) is 17.8 Å². The van der Waals surface area contributed by atoms with E-state index in [-0.39, 0.29) is 11.5 Å². The first-order valence-electron chi connectivity index (χ1n) is 7.21. The second-order valence-electron chi connectivity index (χ2n) is 5.35. The zero-order valence-electron chi connectivity index (χ0n) is 12.6. The van der Waals surface area contributed by atoms with Gasteiger partial charge in [0.25, 0.3) is 5.56 Å². The largest absolute Gasteiger partial charge is 0.352 e. The smallest absolute Gasteiger partial charge is 0.291 e. The van der Waals surface area contributed by atoms with Crippen molar-refractivity contribution in [3.05, 3.63) is 74.4 Å². The highest BCUT2D eigenvalue weighted by Crippen LogP contribution is 2.26. The van der Waals surface area contributed by atoms with Crippen LogP contribution in [0.25, 0.3) is 28.2 Å². The molecule has 24 heavy (non-hydrogen) atoms. The van der Waals surface area contributed by atoms with Crippen LogP contribution in [0.5, 0.6) is 0 Å². The third-order valence-electron chi connectivity index (χ3n) is 3.84. The van der Waals surface area contributed by atoms with Gasteiger partial charge in [0.05, 0.1) is 11.0 Å². The molecule has 2 aromatic carbocycles. The Morgan fingerprint density at radius 3 is 2.58 bits per heavy atom. The lowest BCUT2D eigenvalue weighted by Gasteiger charge is -2.17. The topological polar surface area (TPSA) is 69.8 Å². The molecule has 7 heteroatoms. The minimum atomic E-state index is -0.625. The fourth-order valence-electron chi connectivity index (χ4n) is 2.67. The molecule has 0 aromatic heterocycles. The van der Waals surface area contributed by atoms with Crippen LogP contribution in [0.15, 0.2) is 58.1 Å². The first-order chi connectivity index (χ1) is 11.6. The second-order valence-corrected chi connectivity index (χ2v) is 5.78. The molecule has 0 saturated carbocycles. The minimum Gasteiger partial charge on any atom is -0.291 e. The van der Waals surface area contributed by atoms with Crippen molar-refractivity contribution in [3.8, 4) is 17.2 Å². The van der Waals surface area contributed by atoms with Crippen molar-refractivity contribution in [1.29, 1.82) is 0 Å². The molecule has 0 saturated heterocycles. The Balaban J connectivity index is 2.28. The van der Waals surface area contributed by atoms with Crippen LogP contribution in [0.2, 0.25) is 5.02 Å². The summed E-state index contributed by atoms with van der Waals surface area (Å²) >= 11 is 6.11. The summed E-state index contributed by atoms with van der Waals surface area (Å²) in [5, 5.41) is 0.542. The molecule has 6 nitrogen and oxygen atoms in total. The van der Waals surface area contributed by atoms with E-state index in [4.69, 9.17) is 11.6 Å². The normalized spacial score (nSPS) is 11.2. The molecule has 2 aliphatic heterocycles. The molecule has 0 radical (unpaired) electrons. The second kappa shape index (κ2) is 5.28. The van der Waals surface area contributed by atoms with Gasteiger partial charge in [-0.05, 0) is 30.3 Å². The van der Waals surface area contributed by atoms with Crippen molar-refractivity contribution in [1.82, 2.24) is 19.1 Å². The van der Waals surface area contributed by atoms with Crippen LogP contribution in [0.1, 0.15) is 0 Å². The zero-order valence-corrected chi connectivity index (χ0v) is 13.4. The van der Waals surface area contributed by atoms with Crippen LogP contribution in [0.4, 0.5) is 0 Å². The molecule has 0 N–H and O–H groups in total. The standard InChI is InChI=1S/C17H11ClN4O2/c1-21-16(23)14-15(20-17(21)24)22(11-6-4-5-10(18)9-11)13-8-3-2-7-12(13)19-14/h2-9H,1H3. The van der Waals surface area contributed by atoms with E-state index in [1.165, 1.54) is 7.05 Å². The first-order valence-corrected chi connectivity index (χ1v) is 7.58. The van der Waals surface area contributed by atoms with Crippen LogP contribution < -0.4 is 11.2 Å². The van der Waals surface area contributed by atoms with Gasteiger partial charge >= 0.3 is 5.69 Å². The highest BCUT2D eigenvalue weighted by atomic mass is 35.5. The van der Waals surface area contributed by atoms with Crippen LogP contribution in [0, 0.1) is 0 Å². The van der Waals surface area contributed by atoms with E-state index in [2.05, 4.69) is 9.97 Å². The Morgan fingerprint density at radius 2 is 1.79 bits per heavy atom. The van der Waals surface area contributed by atoms with E-state index in [1.54, 1.807) is 28.8 Å². The van der Waals surface area contributed by atoms with Crippen LogP contribution >= 0.6 is 11.6 Å². The maximum Gasteiger partial charge on any atom is 0.352 e. The molecular weight excluding hydrogens is 328 g/mol. The lowest BCUT2D eigenvalue weighted by atomic mass is 10.2. The zero-order chi connectivity index (χ0) is 16.8. The summed E-state index contributed by atoms with van der Waals surface area (Å²) in [5.41, 5.74) is 1.09. The number of hydrogen-bond donors (Lipinski definition) is 0. The van der Waals surface area contributed by atoms with Crippen LogP contribution in [0.3, 0.4) is 0 Å². The number of hydrogen-bond acceptors (Lipinski definition) is 4. The SMILES string of the molecule is Cn1c(=O)nc2n(-c3cccc(Cl)c3)c3ccccc3nc-2c1=O. The molecule has 0 atom stereocenters. The molecule has 0 unspecified atom stereocenters. The van der Waals surface area contributed by atoms with E-state index in [0.717, 1.165) is 10.1 Å². The van der Waals surface area contributed by atoms with Gasteiger partial charge in [-0.1, -0.05) is 29.8 Å². The number of aromatic nitrogens is 4. The summed E-state index contributed by atoms with van der Waals surface area (Å²) in [6.45, 7) is 0.